The minimum Gasteiger partial charge on any atom is -0.490 e. The van der Waals surface area contributed by atoms with Crippen LogP contribution in [0.5, 0.6) is 5.75 Å². The monoisotopic (exact) mass is 248 g/mol. The smallest absolute Gasteiger partial charge is 0.119 e. The Hall–Kier alpha value is -1.06. The molecule has 1 aromatic rings. The molecule has 0 spiro atoms. The van der Waals surface area contributed by atoms with Crippen molar-refractivity contribution in [3.8, 4) is 5.75 Å². The Morgan fingerprint density at radius 3 is 2.28 bits per heavy atom. The molecule has 3 N–H and O–H groups in total. The summed E-state index contributed by atoms with van der Waals surface area (Å²) in [6.45, 7) is 4.42. The molecule has 1 atom stereocenters. The van der Waals surface area contributed by atoms with Gasteiger partial charge in [-0.1, -0.05) is 38.8 Å². The fourth-order valence-electron chi connectivity index (χ4n) is 2.40. The second-order valence-electron chi connectivity index (χ2n) is 5.11. The molecule has 1 unspecified atom stereocenters. The Labute approximate surface area is 110 Å². The van der Waals surface area contributed by atoms with Crippen molar-refractivity contribution < 1.29 is 4.74 Å². The molecule has 1 saturated carbocycles. The molecule has 1 aliphatic carbocycles. The molecule has 0 amide bonds. The zero-order chi connectivity index (χ0) is 13.0. The summed E-state index contributed by atoms with van der Waals surface area (Å²) in [6, 6.07) is 8.59. The lowest BCUT2D eigenvalue weighted by atomic mass is 9.89. The summed E-state index contributed by atoms with van der Waals surface area (Å²) >= 11 is 0. The van der Waals surface area contributed by atoms with Crippen LogP contribution in [0.4, 0.5) is 0 Å². The molecule has 0 aromatic heterocycles. The van der Waals surface area contributed by atoms with Gasteiger partial charge in [0.1, 0.15) is 5.75 Å². The highest BCUT2D eigenvalue weighted by molar-refractivity contribution is 5.30. The summed E-state index contributed by atoms with van der Waals surface area (Å²) in [7, 11) is 0. The lowest BCUT2D eigenvalue weighted by molar-refractivity contribution is 0.302. The SMILES string of the molecule is CCC(CC)C(NN)c1ccc(OC2CC2)cc1. The van der Waals surface area contributed by atoms with Crippen LogP contribution in [0.3, 0.4) is 0 Å². The van der Waals surface area contributed by atoms with Gasteiger partial charge >= 0.3 is 0 Å². The predicted octanol–water partition coefficient (Wildman–Crippen LogP) is 3.17. The van der Waals surface area contributed by atoms with Crippen molar-refractivity contribution in [2.45, 2.75) is 51.7 Å². The van der Waals surface area contributed by atoms with Crippen molar-refractivity contribution in [1.29, 1.82) is 0 Å². The van der Waals surface area contributed by atoms with E-state index in [0.29, 0.717) is 12.0 Å². The van der Waals surface area contributed by atoms with Crippen LogP contribution in [-0.4, -0.2) is 6.10 Å². The Morgan fingerprint density at radius 2 is 1.83 bits per heavy atom. The maximum atomic E-state index is 5.76. The average molecular weight is 248 g/mol. The van der Waals surface area contributed by atoms with E-state index >= 15 is 0 Å². The van der Waals surface area contributed by atoms with Gasteiger partial charge in [-0.15, -0.1) is 0 Å². The van der Waals surface area contributed by atoms with Gasteiger partial charge in [-0.3, -0.25) is 11.3 Å². The topological polar surface area (TPSA) is 47.3 Å². The van der Waals surface area contributed by atoms with E-state index in [1.54, 1.807) is 0 Å². The van der Waals surface area contributed by atoms with Gasteiger partial charge in [0.25, 0.3) is 0 Å². The molecule has 0 radical (unpaired) electrons. The largest absolute Gasteiger partial charge is 0.490 e. The van der Waals surface area contributed by atoms with Crippen LogP contribution in [0.1, 0.15) is 51.1 Å². The number of hydrazine groups is 1. The van der Waals surface area contributed by atoms with Gasteiger partial charge in [0.2, 0.25) is 0 Å². The highest BCUT2D eigenvalue weighted by Gasteiger charge is 2.24. The molecule has 0 bridgehead atoms. The van der Waals surface area contributed by atoms with Gasteiger partial charge in [-0.2, -0.15) is 0 Å². The van der Waals surface area contributed by atoms with Crippen LogP contribution in [-0.2, 0) is 0 Å². The fourth-order valence-corrected chi connectivity index (χ4v) is 2.40. The van der Waals surface area contributed by atoms with Crippen LogP contribution in [0.2, 0.25) is 0 Å². The number of nitrogens with one attached hydrogen (secondary N) is 1. The van der Waals surface area contributed by atoms with E-state index in [2.05, 4.69) is 43.5 Å². The molecule has 100 valence electrons. The van der Waals surface area contributed by atoms with Crippen molar-refractivity contribution >= 4 is 0 Å². The van der Waals surface area contributed by atoms with Gasteiger partial charge in [-0.25, -0.2) is 0 Å². The van der Waals surface area contributed by atoms with Crippen LogP contribution >= 0.6 is 0 Å². The maximum Gasteiger partial charge on any atom is 0.119 e. The lowest BCUT2D eigenvalue weighted by Crippen LogP contribution is -2.33. The third-order valence-electron chi connectivity index (χ3n) is 3.77. The van der Waals surface area contributed by atoms with Gasteiger partial charge < -0.3 is 4.74 Å². The molecule has 1 aromatic carbocycles. The van der Waals surface area contributed by atoms with E-state index in [0.717, 1.165) is 18.6 Å². The Bertz CT molecular complexity index is 355. The molecule has 3 heteroatoms. The normalized spacial score (nSPS) is 16.9. The summed E-state index contributed by atoms with van der Waals surface area (Å²) in [6.07, 6.45) is 5.11. The summed E-state index contributed by atoms with van der Waals surface area (Å²) in [5, 5.41) is 0. The zero-order valence-electron chi connectivity index (χ0n) is 11.4. The first-order valence-electron chi connectivity index (χ1n) is 7.01. The second-order valence-corrected chi connectivity index (χ2v) is 5.11. The lowest BCUT2D eigenvalue weighted by Gasteiger charge is -2.25. The number of ether oxygens (including phenoxy) is 1. The fraction of sp³-hybridized carbons (Fsp3) is 0.600. The number of hydrogen-bond donors (Lipinski definition) is 2. The number of benzene rings is 1. The predicted molar refractivity (Wildman–Crippen MR) is 74.2 cm³/mol. The van der Waals surface area contributed by atoms with Crippen molar-refractivity contribution in [2.75, 3.05) is 0 Å². The van der Waals surface area contributed by atoms with Crippen molar-refractivity contribution in [3.63, 3.8) is 0 Å². The van der Waals surface area contributed by atoms with Crippen molar-refractivity contribution in [1.82, 2.24) is 5.43 Å². The van der Waals surface area contributed by atoms with Crippen LogP contribution in [0.25, 0.3) is 0 Å². The van der Waals surface area contributed by atoms with E-state index in [1.165, 1.54) is 18.4 Å². The van der Waals surface area contributed by atoms with Crippen molar-refractivity contribution in [3.05, 3.63) is 29.8 Å². The number of hydrogen-bond acceptors (Lipinski definition) is 3. The Morgan fingerprint density at radius 1 is 1.22 bits per heavy atom. The molecule has 2 rings (SSSR count). The maximum absolute atomic E-state index is 5.76. The summed E-state index contributed by atoms with van der Waals surface area (Å²) in [5.74, 6) is 7.25. The second kappa shape index (κ2) is 6.21. The Balaban J connectivity index is 2.05. The first-order chi connectivity index (χ1) is 8.78. The molecule has 0 aliphatic heterocycles. The quantitative estimate of drug-likeness (QED) is 0.575. The third-order valence-corrected chi connectivity index (χ3v) is 3.77. The van der Waals surface area contributed by atoms with Gasteiger partial charge in [0.05, 0.1) is 6.10 Å². The summed E-state index contributed by atoms with van der Waals surface area (Å²) in [4.78, 5) is 0. The van der Waals surface area contributed by atoms with Crippen molar-refractivity contribution in [2.24, 2.45) is 11.8 Å². The molecule has 0 saturated heterocycles. The highest BCUT2D eigenvalue weighted by atomic mass is 16.5. The van der Waals surface area contributed by atoms with Crippen LogP contribution < -0.4 is 16.0 Å². The van der Waals surface area contributed by atoms with E-state index in [-0.39, 0.29) is 6.04 Å². The van der Waals surface area contributed by atoms with E-state index in [1.807, 2.05) is 0 Å². The number of rotatable bonds is 7. The molecule has 0 heterocycles. The van der Waals surface area contributed by atoms with E-state index in [4.69, 9.17) is 10.6 Å². The third kappa shape index (κ3) is 3.24. The molecule has 18 heavy (non-hydrogen) atoms. The standard InChI is InChI=1S/C15H24N2O/c1-3-11(4-2)15(17-16)12-5-7-13(8-6-12)18-14-9-10-14/h5-8,11,14-15,17H,3-4,9-10,16H2,1-2H3. The van der Waals surface area contributed by atoms with E-state index in [9.17, 15) is 0 Å². The minimum atomic E-state index is 0.231. The van der Waals surface area contributed by atoms with Gasteiger partial charge in [0.15, 0.2) is 0 Å². The molecule has 3 nitrogen and oxygen atoms in total. The molecular weight excluding hydrogens is 224 g/mol. The highest BCUT2D eigenvalue weighted by Crippen LogP contribution is 2.30. The van der Waals surface area contributed by atoms with Crippen LogP contribution in [0, 0.1) is 5.92 Å². The molecule has 1 aliphatic rings. The minimum absolute atomic E-state index is 0.231. The van der Waals surface area contributed by atoms with Gasteiger partial charge in [0, 0.05) is 6.04 Å². The number of nitrogens with two attached hydrogens (primary N) is 1. The average Bonchev–Trinajstić information content (AvgIpc) is 3.21. The Kier molecular flexibility index (Phi) is 4.61. The summed E-state index contributed by atoms with van der Waals surface area (Å²) in [5.41, 5.74) is 4.20. The summed E-state index contributed by atoms with van der Waals surface area (Å²) < 4.78 is 5.76. The van der Waals surface area contributed by atoms with E-state index < -0.39 is 0 Å². The first-order valence-corrected chi connectivity index (χ1v) is 7.01. The first kappa shape index (κ1) is 13.4. The molecular formula is C15H24N2O. The zero-order valence-corrected chi connectivity index (χ0v) is 11.4. The van der Waals surface area contributed by atoms with Gasteiger partial charge in [-0.05, 0) is 36.5 Å². The van der Waals surface area contributed by atoms with Crippen LogP contribution in [0.15, 0.2) is 24.3 Å². The molecule has 1 fully saturated rings.